The van der Waals surface area contributed by atoms with E-state index in [1.165, 1.54) is 16.4 Å². The fourth-order valence-electron chi connectivity index (χ4n) is 3.10. The predicted octanol–water partition coefficient (Wildman–Crippen LogP) is 3.15. The van der Waals surface area contributed by atoms with E-state index in [4.69, 9.17) is 0 Å². The van der Waals surface area contributed by atoms with E-state index in [0.717, 1.165) is 38.2 Å². The molecule has 2 aromatic heterocycles. The van der Waals surface area contributed by atoms with Crippen LogP contribution in [0.1, 0.15) is 53.7 Å². The largest absolute Gasteiger partial charge is 0.297 e. The SMILES string of the molecule is CC(C)c1nnsc1CN1CCC[C@H](C(=O)c2ccccn2)C1. The molecule has 0 amide bonds. The highest BCUT2D eigenvalue weighted by Crippen LogP contribution is 2.25. The van der Waals surface area contributed by atoms with Gasteiger partial charge in [-0.25, -0.2) is 0 Å². The molecule has 0 bridgehead atoms. The number of nitrogens with zero attached hydrogens (tertiary/aromatic N) is 4. The fourth-order valence-corrected chi connectivity index (χ4v) is 3.94. The number of hydrogen-bond donors (Lipinski definition) is 0. The molecule has 0 spiro atoms. The Morgan fingerprint density at radius 1 is 1.43 bits per heavy atom. The number of Topliss-reactive ketones (excluding diaryl/α,β-unsaturated/α-hetero) is 1. The molecule has 1 atom stereocenters. The first-order chi connectivity index (χ1) is 11.1. The van der Waals surface area contributed by atoms with Crippen LogP contribution in [0.25, 0.3) is 0 Å². The topological polar surface area (TPSA) is 59.0 Å². The first-order valence-electron chi connectivity index (χ1n) is 8.14. The van der Waals surface area contributed by atoms with Crippen LogP contribution in [0.3, 0.4) is 0 Å². The van der Waals surface area contributed by atoms with Crippen LogP contribution in [0.2, 0.25) is 0 Å². The Balaban J connectivity index is 1.66. The molecule has 23 heavy (non-hydrogen) atoms. The normalized spacial score (nSPS) is 19.2. The molecule has 0 unspecified atom stereocenters. The van der Waals surface area contributed by atoms with E-state index < -0.39 is 0 Å². The molecular weight excluding hydrogens is 308 g/mol. The fraction of sp³-hybridized carbons (Fsp3) is 0.529. The highest BCUT2D eigenvalue weighted by Gasteiger charge is 2.28. The summed E-state index contributed by atoms with van der Waals surface area (Å²) in [5.74, 6) is 0.600. The summed E-state index contributed by atoms with van der Waals surface area (Å²) in [4.78, 5) is 20.4. The Kier molecular flexibility index (Phi) is 5.13. The van der Waals surface area contributed by atoms with Gasteiger partial charge in [0.1, 0.15) is 5.69 Å². The predicted molar refractivity (Wildman–Crippen MR) is 90.6 cm³/mol. The maximum absolute atomic E-state index is 12.6. The van der Waals surface area contributed by atoms with Crippen molar-refractivity contribution in [1.29, 1.82) is 0 Å². The molecule has 0 aliphatic carbocycles. The average molecular weight is 330 g/mol. The van der Waals surface area contributed by atoms with Gasteiger partial charge in [-0.1, -0.05) is 24.4 Å². The lowest BCUT2D eigenvalue weighted by molar-refractivity contribution is 0.0807. The molecule has 0 saturated carbocycles. The number of likely N-dealkylation sites (tertiary alicyclic amines) is 1. The molecule has 1 aliphatic heterocycles. The number of aromatic nitrogens is 3. The molecule has 0 radical (unpaired) electrons. The third-order valence-electron chi connectivity index (χ3n) is 4.29. The highest BCUT2D eigenvalue weighted by atomic mass is 32.1. The monoisotopic (exact) mass is 330 g/mol. The summed E-state index contributed by atoms with van der Waals surface area (Å²) in [6.07, 6.45) is 3.68. The molecule has 0 N–H and O–H groups in total. The van der Waals surface area contributed by atoms with Crippen LogP contribution in [0.5, 0.6) is 0 Å². The standard InChI is InChI=1S/C17H22N4OS/c1-12(2)16-15(23-20-19-16)11-21-9-5-6-13(10-21)17(22)14-7-3-4-8-18-14/h3-4,7-8,12-13H,5-6,9-11H2,1-2H3/t13-/m0/s1. The van der Waals surface area contributed by atoms with Gasteiger partial charge >= 0.3 is 0 Å². The molecule has 1 aliphatic rings. The van der Waals surface area contributed by atoms with Crippen LogP contribution in [0, 0.1) is 5.92 Å². The van der Waals surface area contributed by atoms with Crippen LogP contribution in [0.15, 0.2) is 24.4 Å². The number of piperidine rings is 1. The second-order valence-electron chi connectivity index (χ2n) is 6.39. The van der Waals surface area contributed by atoms with Crippen LogP contribution >= 0.6 is 11.5 Å². The number of carbonyl (C=O) groups is 1. The van der Waals surface area contributed by atoms with Gasteiger partial charge in [-0.2, -0.15) is 0 Å². The number of carbonyl (C=O) groups excluding carboxylic acids is 1. The van der Waals surface area contributed by atoms with Crippen molar-refractivity contribution in [1.82, 2.24) is 19.5 Å². The lowest BCUT2D eigenvalue weighted by Gasteiger charge is -2.31. The molecule has 122 valence electrons. The highest BCUT2D eigenvalue weighted by molar-refractivity contribution is 7.05. The Morgan fingerprint density at radius 3 is 3.04 bits per heavy atom. The van der Waals surface area contributed by atoms with Gasteiger partial charge in [-0.3, -0.25) is 14.7 Å². The van der Waals surface area contributed by atoms with Crippen LogP contribution in [0.4, 0.5) is 0 Å². The number of ketones is 1. The van der Waals surface area contributed by atoms with Crippen molar-refractivity contribution in [2.45, 2.75) is 39.2 Å². The Morgan fingerprint density at radius 2 is 2.30 bits per heavy atom. The molecule has 3 heterocycles. The summed E-state index contributed by atoms with van der Waals surface area (Å²) in [6.45, 7) is 6.96. The summed E-state index contributed by atoms with van der Waals surface area (Å²) >= 11 is 1.48. The lowest BCUT2D eigenvalue weighted by Crippen LogP contribution is -2.38. The zero-order valence-electron chi connectivity index (χ0n) is 13.6. The Hall–Kier alpha value is -1.66. The summed E-state index contributed by atoms with van der Waals surface area (Å²) < 4.78 is 4.10. The maximum atomic E-state index is 12.6. The van der Waals surface area contributed by atoms with Gasteiger partial charge in [0.15, 0.2) is 5.78 Å². The van der Waals surface area contributed by atoms with Gasteiger partial charge in [-0.05, 0) is 49.0 Å². The minimum Gasteiger partial charge on any atom is -0.297 e. The summed E-state index contributed by atoms with van der Waals surface area (Å²) in [5, 5.41) is 4.25. The zero-order valence-corrected chi connectivity index (χ0v) is 14.4. The van der Waals surface area contributed by atoms with E-state index in [-0.39, 0.29) is 11.7 Å². The minimum absolute atomic E-state index is 0.0435. The smallest absolute Gasteiger partial charge is 0.185 e. The first kappa shape index (κ1) is 16.2. The number of rotatable bonds is 5. The van der Waals surface area contributed by atoms with E-state index >= 15 is 0 Å². The Bertz CT molecular complexity index is 656. The molecular formula is C17H22N4OS. The maximum Gasteiger partial charge on any atom is 0.185 e. The molecule has 5 nitrogen and oxygen atoms in total. The minimum atomic E-state index is 0.0435. The van der Waals surface area contributed by atoms with Crippen molar-refractivity contribution in [3.8, 4) is 0 Å². The molecule has 0 aromatic carbocycles. The van der Waals surface area contributed by atoms with Crippen LogP contribution in [-0.2, 0) is 6.54 Å². The van der Waals surface area contributed by atoms with Crippen molar-refractivity contribution in [2.24, 2.45) is 5.92 Å². The number of hydrogen-bond acceptors (Lipinski definition) is 6. The van der Waals surface area contributed by atoms with Gasteiger partial charge in [0.25, 0.3) is 0 Å². The van der Waals surface area contributed by atoms with E-state index in [0.29, 0.717) is 11.6 Å². The van der Waals surface area contributed by atoms with Crippen molar-refractivity contribution >= 4 is 17.3 Å². The molecule has 3 rings (SSSR count). The second-order valence-corrected chi connectivity index (χ2v) is 7.23. The van der Waals surface area contributed by atoms with Gasteiger partial charge in [0, 0.05) is 25.2 Å². The molecule has 1 saturated heterocycles. The van der Waals surface area contributed by atoms with Crippen molar-refractivity contribution < 1.29 is 4.79 Å². The Labute approximate surface area is 140 Å². The first-order valence-corrected chi connectivity index (χ1v) is 8.91. The van der Waals surface area contributed by atoms with Crippen molar-refractivity contribution in [2.75, 3.05) is 13.1 Å². The van der Waals surface area contributed by atoms with E-state index in [9.17, 15) is 4.79 Å². The van der Waals surface area contributed by atoms with Gasteiger partial charge < -0.3 is 0 Å². The quantitative estimate of drug-likeness (QED) is 0.788. The van der Waals surface area contributed by atoms with Gasteiger partial charge in [-0.15, -0.1) is 5.10 Å². The van der Waals surface area contributed by atoms with Gasteiger partial charge in [0.2, 0.25) is 0 Å². The lowest BCUT2D eigenvalue weighted by atomic mass is 9.92. The molecule has 6 heteroatoms. The van der Waals surface area contributed by atoms with E-state index in [2.05, 4.69) is 33.3 Å². The number of pyridine rings is 1. The zero-order chi connectivity index (χ0) is 16.2. The average Bonchev–Trinajstić information content (AvgIpc) is 3.03. The molecule has 1 fully saturated rings. The van der Waals surface area contributed by atoms with E-state index in [1.54, 1.807) is 6.20 Å². The second kappa shape index (κ2) is 7.27. The van der Waals surface area contributed by atoms with Crippen molar-refractivity contribution in [3.63, 3.8) is 0 Å². The third kappa shape index (κ3) is 3.82. The van der Waals surface area contributed by atoms with Crippen LogP contribution in [-0.4, -0.2) is 38.3 Å². The van der Waals surface area contributed by atoms with Crippen molar-refractivity contribution in [3.05, 3.63) is 40.7 Å². The summed E-state index contributed by atoms with van der Waals surface area (Å²) in [6, 6.07) is 5.53. The summed E-state index contributed by atoms with van der Waals surface area (Å²) in [5.41, 5.74) is 1.68. The third-order valence-corrected chi connectivity index (χ3v) is 5.01. The van der Waals surface area contributed by atoms with Gasteiger partial charge in [0.05, 0.1) is 10.6 Å². The van der Waals surface area contributed by atoms with Crippen LogP contribution < -0.4 is 0 Å². The summed E-state index contributed by atoms with van der Waals surface area (Å²) in [7, 11) is 0. The molecule has 2 aromatic rings. The van der Waals surface area contributed by atoms with E-state index in [1.807, 2.05) is 18.2 Å².